The molecule has 13 heteroatoms. The molecule has 0 spiro atoms. The molecule has 8 aromatic rings. The lowest BCUT2D eigenvalue weighted by Gasteiger charge is -2.35. The highest BCUT2D eigenvalue weighted by molar-refractivity contribution is 6.31. The van der Waals surface area contributed by atoms with Crippen LogP contribution in [0.1, 0.15) is 39.4 Å². The number of halogens is 4. The van der Waals surface area contributed by atoms with E-state index in [1.54, 1.807) is 116 Å². The molecule has 0 aliphatic carbocycles. The Morgan fingerprint density at radius 1 is 0.583 bits per heavy atom. The zero-order chi connectivity index (χ0) is 42.1. The summed E-state index contributed by atoms with van der Waals surface area (Å²) in [6, 6.07) is 43.9. The number of benzene rings is 6. The lowest BCUT2D eigenvalue weighted by Crippen LogP contribution is -2.39. The van der Waals surface area contributed by atoms with Gasteiger partial charge < -0.3 is 23.7 Å². The van der Waals surface area contributed by atoms with Gasteiger partial charge in [0.25, 0.3) is 0 Å². The summed E-state index contributed by atoms with van der Waals surface area (Å²) >= 11 is 24.3. The number of aliphatic hydroxyl groups excluding tert-OH is 1. The number of imidazole rings is 2. The molecule has 9 nitrogen and oxygen atoms in total. The molecular formula is C47H32Cl4N6O3. The molecule has 296 valence electrons. The summed E-state index contributed by atoms with van der Waals surface area (Å²) in [4.78, 5) is 8.35. The maximum absolute atomic E-state index is 10.7. The van der Waals surface area contributed by atoms with Gasteiger partial charge in [-0.3, -0.25) is 0 Å². The number of ether oxygens (including phenoxy) is 2. The summed E-state index contributed by atoms with van der Waals surface area (Å²) in [6.45, 7) is -0.256. The van der Waals surface area contributed by atoms with Crippen molar-refractivity contribution in [2.45, 2.75) is 11.6 Å². The molecule has 0 fully saturated rings. The fourth-order valence-electron chi connectivity index (χ4n) is 6.70. The lowest BCUT2D eigenvalue weighted by molar-refractivity contribution is 0.196. The number of rotatable bonds is 11. The van der Waals surface area contributed by atoms with E-state index in [2.05, 4.69) is 22.1 Å². The number of nitriles is 2. The minimum absolute atomic E-state index is 0.149. The number of nitrogens with zero attached hydrogens (tertiary/aromatic N) is 6. The van der Waals surface area contributed by atoms with Crippen LogP contribution in [-0.4, -0.2) is 30.8 Å². The largest absolute Gasteiger partial charge is 0.456 e. The van der Waals surface area contributed by atoms with Crippen molar-refractivity contribution in [2.75, 3.05) is 6.61 Å². The zero-order valence-electron chi connectivity index (χ0n) is 31.4. The van der Waals surface area contributed by atoms with Crippen LogP contribution in [0.2, 0.25) is 20.1 Å². The van der Waals surface area contributed by atoms with E-state index >= 15 is 0 Å². The third-order valence-electron chi connectivity index (χ3n) is 9.57. The maximum Gasteiger partial charge on any atom is 0.145 e. The first-order valence-corrected chi connectivity index (χ1v) is 19.8. The van der Waals surface area contributed by atoms with Crippen LogP contribution in [-0.2, 0) is 5.54 Å². The molecule has 0 aliphatic heterocycles. The second-order valence-corrected chi connectivity index (χ2v) is 15.0. The van der Waals surface area contributed by atoms with Gasteiger partial charge in [-0.15, -0.1) is 0 Å². The van der Waals surface area contributed by atoms with Crippen LogP contribution in [0, 0.1) is 22.7 Å². The first kappa shape index (κ1) is 41.6. The van der Waals surface area contributed by atoms with Crippen LogP contribution in [0.25, 0.3) is 0 Å². The van der Waals surface area contributed by atoms with Gasteiger partial charge in [0.15, 0.2) is 0 Å². The molecule has 0 radical (unpaired) electrons. The third-order valence-corrected chi connectivity index (χ3v) is 10.5. The minimum atomic E-state index is -0.998. The Hall–Kier alpha value is -6.56. The van der Waals surface area contributed by atoms with Crippen LogP contribution in [0.4, 0.5) is 0 Å². The fourth-order valence-corrected chi connectivity index (χ4v) is 7.31. The molecule has 1 N–H and O–H groups in total. The predicted molar refractivity (Wildman–Crippen MR) is 233 cm³/mol. The van der Waals surface area contributed by atoms with E-state index in [4.69, 9.17) is 55.9 Å². The highest BCUT2D eigenvalue weighted by Crippen LogP contribution is 2.39. The van der Waals surface area contributed by atoms with Crippen molar-refractivity contribution in [1.29, 1.82) is 10.5 Å². The Balaban J connectivity index is 0.000000182. The van der Waals surface area contributed by atoms with E-state index in [1.807, 2.05) is 63.9 Å². The third kappa shape index (κ3) is 9.33. The maximum atomic E-state index is 10.7. The second-order valence-electron chi connectivity index (χ2n) is 13.3. The molecule has 0 amide bonds. The van der Waals surface area contributed by atoms with Gasteiger partial charge in [0.1, 0.15) is 40.7 Å². The lowest BCUT2D eigenvalue weighted by atomic mass is 9.82. The highest BCUT2D eigenvalue weighted by atomic mass is 35.5. The van der Waals surface area contributed by atoms with Gasteiger partial charge in [-0.05, 0) is 107 Å². The average molecular weight is 871 g/mol. The summed E-state index contributed by atoms with van der Waals surface area (Å²) in [5.41, 5.74) is 3.29. The number of aliphatic hydroxyl groups is 1. The van der Waals surface area contributed by atoms with Crippen molar-refractivity contribution in [2.24, 2.45) is 0 Å². The van der Waals surface area contributed by atoms with Gasteiger partial charge in [-0.25, -0.2) is 9.97 Å². The monoisotopic (exact) mass is 868 g/mol. The molecule has 2 unspecified atom stereocenters. The molecule has 2 heterocycles. The fraction of sp³-hybridized carbons (Fsp3) is 0.0638. The van der Waals surface area contributed by atoms with E-state index in [0.717, 1.165) is 16.7 Å². The van der Waals surface area contributed by atoms with E-state index in [9.17, 15) is 15.6 Å². The van der Waals surface area contributed by atoms with Crippen LogP contribution in [0.15, 0.2) is 171 Å². The second kappa shape index (κ2) is 19.0. The first-order chi connectivity index (χ1) is 29.2. The zero-order valence-corrected chi connectivity index (χ0v) is 34.4. The van der Waals surface area contributed by atoms with Crippen LogP contribution in [0.5, 0.6) is 23.0 Å². The summed E-state index contributed by atoms with van der Waals surface area (Å²) in [6.07, 6.45) is 10.5. The Morgan fingerprint density at radius 3 is 1.65 bits per heavy atom. The van der Waals surface area contributed by atoms with Crippen LogP contribution < -0.4 is 9.47 Å². The topological polar surface area (TPSA) is 122 Å². The van der Waals surface area contributed by atoms with Crippen molar-refractivity contribution in [1.82, 2.24) is 19.1 Å². The summed E-state index contributed by atoms with van der Waals surface area (Å²) in [5.74, 6) is 1.89. The van der Waals surface area contributed by atoms with E-state index < -0.39 is 5.54 Å². The Labute approximate surface area is 366 Å². The summed E-state index contributed by atoms with van der Waals surface area (Å²) in [7, 11) is 0. The molecule has 0 aliphatic rings. The van der Waals surface area contributed by atoms with E-state index in [0.29, 0.717) is 59.8 Å². The van der Waals surface area contributed by atoms with Crippen molar-refractivity contribution < 1.29 is 14.6 Å². The smallest absolute Gasteiger partial charge is 0.145 e. The van der Waals surface area contributed by atoms with Crippen molar-refractivity contribution >= 4 is 46.4 Å². The Morgan fingerprint density at radius 2 is 1.12 bits per heavy atom. The quantitative estimate of drug-likeness (QED) is 0.137. The molecular weight excluding hydrogens is 838 g/mol. The standard InChI is InChI=1S/C24H17Cl2N3O2.C23H15Cl2N3O/c25-20-8-6-18(7-9-20)24(15-30,29-11-10-28-16-29)19-5-4-17(14-27)23(12-19)31-22-3-1-2-21(26)13-22;24-19-8-6-16(7-9-19)23(28-11-10-27-15-28)17-4-5-18(14-26)22(12-17)29-21-3-1-2-20(25)13-21/h1-13,16,30H,15H2;1-13,15,23H. The molecule has 60 heavy (non-hydrogen) atoms. The van der Waals surface area contributed by atoms with Gasteiger partial charge >= 0.3 is 0 Å². The van der Waals surface area contributed by atoms with Gasteiger partial charge in [-0.2, -0.15) is 10.5 Å². The molecule has 2 atom stereocenters. The molecule has 2 aromatic heterocycles. The molecule has 6 aromatic carbocycles. The predicted octanol–water partition coefficient (Wildman–Crippen LogP) is 12.1. The summed E-state index contributed by atoms with van der Waals surface area (Å²) in [5, 5.41) is 32.1. The first-order valence-electron chi connectivity index (χ1n) is 18.2. The molecule has 0 saturated carbocycles. The number of hydrogen-bond acceptors (Lipinski definition) is 7. The number of aromatic nitrogens is 4. The van der Waals surface area contributed by atoms with E-state index in [1.165, 1.54) is 0 Å². The Kier molecular flexibility index (Phi) is 13.2. The Bertz CT molecular complexity index is 2790. The average Bonchev–Trinajstić information content (AvgIpc) is 4.00. The minimum Gasteiger partial charge on any atom is -0.456 e. The van der Waals surface area contributed by atoms with Gasteiger partial charge in [0.2, 0.25) is 0 Å². The van der Waals surface area contributed by atoms with Crippen molar-refractivity contribution in [3.63, 3.8) is 0 Å². The SMILES string of the molecule is N#Cc1ccc(C(CO)(c2ccc(Cl)cc2)n2ccnc2)cc1Oc1cccc(Cl)c1.N#Cc1ccc(C(c2ccc(Cl)cc2)n2ccnc2)cc1Oc1cccc(Cl)c1. The molecule has 0 saturated heterocycles. The highest BCUT2D eigenvalue weighted by Gasteiger charge is 2.36. The van der Waals surface area contributed by atoms with Crippen LogP contribution in [0.3, 0.4) is 0 Å². The molecule has 8 rings (SSSR count). The molecule has 0 bridgehead atoms. The van der Waals surface area contributed by atoms with E-state index in [-0.39, 0.29) is 12.6 Å². The normalized spacial score (nSPS) is 12.2. The summed E-state index contributed by atoms with van der Waals surface area (Å²) < 4.78 is 15.8. The van der Waals surface area contributed by atoms with Gasteiger partial charge in [0.05, 0.1) is 36.4 Å². The van der Waals surface area contributed by atoms with Gasteiger partial charge in [0, 0.05) is 44.9 Å². The number of hydrogen-bond donors (Lipinski definition) is 1. The van der Waals surface area contributed by atoms with Crippen molar-refractivity contribution in [3.05, 3.63) is 224 Å². The van der Waals surface area contributed by atoms with Crippen molar-refractivity contribution in [3.8, 4) is 35.1 Å². The van der Waals surface area contributed by atoms with Gasteiger partial charge in [-0.1, -0.05) is 94.9 Å². The van der Waals surface area contributed by atoms with Crippen LogP contribution >= 0.6 is 46.4 Å².